The molecule has 3 heteroatoms. The molecule has 2 aliphatic carbocycles. The van der Waals surface area contributed by atoms with Crippen molar-refractivity contribution in [1.82, 2.24) is 10.2 Å². The molecule has 2 fully saturated rings. The van der Waals surface area contributed by atoms with Crippen LogP contribution in [0.15, 0.2) is 18.2 Å². The Morgan fingerprint density at radius 3 is 2.90 bits per heavy atom. The second-order valence-corrected chi connectivity index (χ2v) is 7.28. The summed E-state index contributed by atoms with van der Waals surface area (Å²) in [7, 11) is 6.15. The molecule has 1 aromatic carbocycles. The first-order valence-electron chi connectivity index (χ1n) is 7.59. The predicted octanol–water partition coefficient (Wildman–Crippen LogP) is 2.05. The number of rotatable bonds is 2. The van der Waals surface area contributed by atoms with Crippen molar-refractivity contribution in [3.63, 3.8) is 0 Å². The molecule has 1 aromatic rings. The van der Waals surface area contributed by atoms with Gasteiger partial charge in [-0.1, -0.05) is 13.0 Å². The van der Waals surface area contributed by atoms with Crippen molar-refractivity contribution < 1.29 is 6.16 Å². The SMILES string of the molecule is CN[C@H]1[C@@H]2N(C)CC23Cc2ccc(OC)cc2C1(C)C3.[HH]. The summed E-state index contributed by atoms with van der Waals surface area (Å²) in [5, 5.41) is 3.63. The number of benzene rings is 1. The van der Waals surface area contributed by atoms with Gasteiger partial charge in [0.1, 0.15) is 5.75 Å². The van der Waals surface area contributed by atoms with Crippen LogP contribution in [0, 0.1) is 5.41 Å². The van der Waals surface area contributed by atoms with Crippen molar-refractivity contribution in [2.45, 2.75) is 37.3 Å². The minimum atomic E-state index is 0. The molecule has 2 unspecified atom stereocenters. The van der Waals surface area contributed by atoms with Crippen LogP contribution in [-0.4, -0.2) is 44.7 Å². The van der Waals surface area contributed by atoms with Crippen molar-refractivity contribution >= 4 is 0 Å². The highest BCUT2D eigenvalue weighted by Crippen LogP contribution is 2.63. The fourth-order valence-electron chi connectivity index (χ4n) is 5.71. The van der Waals surface area contributed by atoms with E-state index in [1.807, 2.05) is 0 Å². The highest BCUT2D eigenvalue weighted by molar-refractivity contribution is 5.49. The van der Waals surface area contributed by atoms with E-state index in [0.717, 1.165) is 5.75 Å². The lowest BCUT2D eigenvalue weighted by Gasteiger charge is -2.54. The second-order valence-electron chi connectivity index (χ2n) is 7.28. The summed E-state index contributed by atoms with van der Waals surface area (Å²) in [6, 6.07) is 7.90. The molecule has 110 valence electrons. The van der Waals surface area contributed by atoms with E-state index in [2.05, 4.69) is 49.4 Å². The third-order valence-electron chi connectivity index (χ3n) is 6.17. The molecule has 0 radical (unpaired) electrons. The van der Waals surface area contributed by atoms with Crippen LogP contribution in [0.2, 0.25) is 0 Å². The molecule has 1 spiro atoms. The summed E-state index contributed by atoms with van der Waals surface area (Å²) < 4.78 is 5.46. The summed E-state index contributed by atoms with van der Waals surface area (Å²) in [4.78, 5) is 2.54. The van der Waals surface area contributed by atoms with E-state index in [1.54, 1.807) is 7.11 Å². The van der Waals surface area contributed by atoms with E-state index in [9.17, 15) is 0 Å². The maximum Gasteiger partial charge on any atom is 0.119 e. The lowest BCUT2D eigenvalue weighted by molar-refractivity contribution is -0.0412. The first-order chi connectivity index (χ1) is 9.54. The van der Waals surface area contributed by atoms with Crippen molar-refractivity contribution in [2.75, 3.05) is 27.7 Å². The second kappa shape index (κ2) is 3.77. The number of hydrogen-bond donors (Lipinski definition) is 1. The summed E-state index contributed by atoms with van der Waals surface area (Å²) in [5.74, 6) is 0.989. The molecule has 20 heavy (non-hydrogen) atoms. The summed E-state index contributed by atoms with van der Waals surface area (Å²) in [6.07, 6.45) is 2.54. The molecule has 0 amide bonds. The van der Waals surface area contributed by atoms with Crippen LogP contribution in [0.25, 0.3) is 0 Å². The van der Waals surface area contributed by atoms with Crippen molar-refractivity contribution in [2.24, 2.45) is 5.41 Å². The summed E-state index contributed by atoms with van der Waals surface area (Å²) in [6.45, 7) is 3.69. The van der Waals surface area contributed by atoms with Gasteiger partial charge >= 0.3 is 0 Å². The van der Waals surface area contributed by atoms with Gasteiger partial charge in [0.05, 0.1) is 7.11 Å². The molecule has 4 atom stereocenters. The monoisotopic (exact) mass is 274 g/mol. The molecular formula is C17H26N2O. The van der Waals surface area contributed by atoms with Gasteiger partial charge in [0.25, 0.3) is 0 Å². The van der Waals surface area contributed by atoms with Gasteiger partial charge in [0.15, 0.2) is 0 Å². The maximum absolute atomic E-state index is 5.46. The first kappa shape index (κ1) is 12.7. The number of likely N-dealkylation sites (tertiary alicyclic amines) is 1. The molecule has 1 saturated carbocycles. The number of methoxy groups -OCH3 is 1. The normalized spacial score (nSPS) is 41.8. The molecule has 3 nitrogen and oxygen atoms in total. The molecule has 0 aromatic heterocycles. The molecular weight excluding hydrogens is 248 g/mol. The van der Waals surface area contributed by atoms with Crippen molar-refractivity contribution in [3.05, 3.63) is 29.3 Å². The minimum Gasteiger partial charge on any atom is -0.497 e. The van der Waals surface area contributed by atoms with Gasteiger partial charge in [-0.15, -0.1) is 0 Å². The van der Waals surface area contributed by atoms with Crippen LogP contribution in [0.1, 0.15) is 25.9 Å². The number of ether oxygens (including phenoxy) is 1. The van der Waals surface area contributed by atoms with E-state index in [0.29, 0.717) is 17.5 Å². The highest BCUT2D eigenvalue weighted by Gasteiger charge is 2.68. The van der Waals surface area contributed by atoms with E-state index >= 15 is 0 Å². The van der Waals surface area contributed by atoms with Gasteiger partial charge in [-0.2, -0.15) is 0 Å². The fraction of sp³-hybridized carbons (Fsp3) is 0.647. The van der Waals surface area contributed by atoms with E-state index in [1.165, 1.54) is 30.5 Å². The smallest absolute Gasteiger partial charge is 0.119 e. The minimum absolute atomic E-state index is 0. The molecule has 1 N–H and O–H groups in total. The number of likely N-dealkylation sites (N-methyl/N-ethyl adjacent to an activating group) is 2. The Labute approximate surface area is 122 Å². The number of fused-ring (bicyclic) bond motifs is 3. The van der Waals surface area contributed by atoms with Crippen molar-refractivity contribution in [1.29, 1.82) is 0 Å². The van der Waals surface area contributed by atoms with Crippen LogP contribution in [-0.2, 0) is 11.8 Å². The summed E-state index contributed by atoms with van der Waals surface area (Å²) >= 11 is 0. The van der Waals surface area contributed by atoms with Crippen LogP contribution in [0.3, 0.4) is 0 Å². The number of nitrogens with zero attached hydrogens (tertiary/aromatic N) is 1. The Morgan fingerprint density at radius 2 is 2.25 bits per heavy atom. The molecule has 3 aliphatic rings. The lowest BCUT2D eigenvalue weighted by Crippen LogP contribution is -2.66. The Bertz CT molecular complexity index is 578. The van der Waals surface area contributed by atoms with E-state index in [4.69, 9.17) is 4.74 Å². The van der Waals surface area contributed by atoms with Crippen LogP contribution in [0.5, 0.6) is 5.75 Å². The van der Waals surface area contributed by atoms with Gasteiger partial charge in [0, 0.05) is 30.9 Å². The zero-order chi connectivity index (χ0) is 14.1. The standard InChI is InChI=1S/C17H24N2O.H2/c1-16-9-17(10-19(3)15(17)14(16)18-2)8-11-5-6-12(20-4)7-13(11)16;/h5-7,14-15,18H,8-10H2,1-4H3;1H/t14-,15-,16?,17?;/m0./s1. The highest BCUT2D eigenvalue weighted by atomic mass is 16.5. The Morgan fingerprint density at radius 1 is 1.45 bits per heavy atom. The Hall–Kier alpha value is -1.06. The predicted molar refractivity (Wildman–Crippen MR) is 82.5 cm³/mol. The van der Waals surface area contributed by atoms with Crippen LogP contribution in [0.4, 0.5) is 0 Å². The zero-order valence-electron chi connectivity index (χ0n) is 12.9. The number of hydrogen-bond acceptors (Lipinski definition) is 3. The van der Waals surface area contributed by atoms with Gasteiger partial charge in [-0.25, -0.2) is 0 Å². The summed E-state index contributed by atoms with van der Waals surface area (Å²) in [5.41, 5.74) is 3.77. The van der Waals surface area contributed by atoms with Crippen LogP contribution >= 0.6 is 0 Å². The average Bonchev–Trinajstić information content (AvgIpc) is 2.60. The third-order valence-corrected chi connectivity index (χ3v) is 6.17. The Balaban J connectivity index is 0.00000132. The molecule has 1 heterocycles. The van der Waals surface area contributed by atoms with E-state index < -0.39 is 0 Å². The fourth-order valence-corrected chi connectivity index (χ4v) is 5.71. The van der Waals surface area contributed by atoms with E-state index in [-0.39, 0.29) is 6.84 Å². The largest absolute Gasteiger partial charge is 0.497 e. The van der Waals surface area contributed by atoms with Crippen molar-refractivity contribution in [3.8, 4) is 5.75 Å². The van der Waals surface area contributed by atoms with Gasteiger partial charge < -0.3 is 15.0 Å². The third kappa shape index (κ3) is 1.28. The van der Waals surface area contributed by atoms with Gasteiger partial charge in [0.2, 0.25) is 0 Å². The molecule has 1 saturated heterocycles. The van der Waals surface area contributed by atoms with Crippen LogP contribution < -0.4 is 10.1 Å². The van der Waals surface area contributed by atoms with Gasteiger partial charge in [-0.05, 0) is 50.2 Å². The average molecular weight is 274 g/mol. The van der Waals surface area contributed by atoms with Gasteiger partial charge in [-0.3, -0.25) is 0 Å². The molecule has 4 rings (SSSR count). The molecule has 1 aliphatic heterocycles. The quantitative estimate of drug-likeness (QED) is 0.893. The first-order valence-corrected chi connectivity index (χ1v) is 7.59. The topological polar surface area (TPSA) is 24.5 Å². The zero-order valence-corrected chi connectivity index (χ0v) is 12.9. The molecule has 2 bridgehead atoms. The maximum atomic E-state index is 5.46. The Kier molecular flexibility index (Phi) is 2.39. The lowest BCUT2D eigenvalue weighted by atomic mass is 9.63. The number of nitrogens with one attached hydrogen (secondary N) is 1.